The molecule has 1 aliphatic heterocycles. The molecule has 2 aromatic carbocycles. The van der Waals surface area contributed by atoms with E-state index < -0.39 is 36.5 Å². The SMILES string of the molecule is C[C@H]1C2=CNN(c3ccc(F)cc3)C2=CC2=C1[C@@H](C(=O)N(CCc1ccccc1F)C[C@@H](O)C(F)(F)F)CC2. The molecule has 3 aliphatic rings. The molecule has 0 radical (unpaired) electrons. The average Bonchev–Trinajstić information content (AvgIpc) is 3.52. The van der Waals surface area contributed by atoms with Gasteiger partial charge in [0.25, 0.3) is 0 Å². The Hall–Kier alpha value is -3.66. The van der Waals surface area contributed by atoms with E-state index in [2.05, 4.69) is 5.43 Å². The molecule has 3 atom stereocenters. The maximum Gasteiger partial charge on any atom is 0.416 e. The van der Waals surface area contributed by atoms with E-state index in [9.17, 15) is 31.9 Å². The number of hydrazine groups is 1. The zero-order chi connectivity index (χ0) is 27.9. The molecule has 5 rings (SSSR count). The van der Waals surface area contributed by atoms with Crippen molar-refractivity contribution in [2.45, 2.75) is 38.5 Å². The van der Waals surface area contributed by atoms with Crippen molar-refractivity contribution in [1.29, 1.82) is 0 Å². The third-order valence-electron chi connectivity index (χ3n) is 7.65. The Morgan fingerprint density at radius 3 is 2.56 bits per heavy atom. The van der Waals surface area contributed by atoms with Crippen LogP contribution < -0.4 is 10.4 Å². The van der Waals surface area contributed by atoms with Gasteiger partial charge in [0, 0.05) is 24.2 Å². The van der Waals surface area contributed by atoms with E-state index in [0.29, 0.717) is 12.8 Å². The minimum Gasteiger partial charge on any atom is -0.382 e. The Kier molecular flexibility index (Phi) is 7.24. The molecule has 2 aromatic rings. The largest absolute Gasteiger partial charge is 0.416 e. The Balaban J connectivity index is 1.41. The Bertz CT molecular complexity index is 1350. The van der Waals surface area contributed by atoms with Gasteiger partial charge in [-0.3, -0.25) is 9.80 Å². The number of amides is 1. The smallest absolute Gasteiger partial charge is 0.382 e. The molecule has 0 spiro atoms. The zero-order valence-corrected chi connectivity index (χ0v) is 21.2. The number of hydrogen-bond acceptors (Lipinski definition) is 4. The van der Waals surface area contributed by atoms with Crippen molar-refractivity contribution < 1.29 is 31.9 Å². The van der Waals surface area contributed by atoms with Gasteiger partial charge in [0.1, 0.15) is 11.6 Å². The van der Waals surface area contributed by atoms with Crippen molar-refractivity contribution in [3.63, 3.8) is 0 Å². The van der Waals surface area contributed by atoms with Gasteiger partial charge in [0.15, 0.2) is 6.10 Å². The number of carbonyl (C=O) groups excluding carboxylic acids is 1. The van der Waals surface area contributed by atoms with Crippen molar-refractivity contribution in [3.8, 4) is 0 Å². The number of benzene rings is 2. The van der Waals surface area contributed by atoms with Crippen LogP contribution in [0.15, 0.2) is 83.2 Å². The summed E-state index contributed by atoms with van der Waals surface area (Å²) < 4.78 is 67.4. The lowest BCUT2D eigenvalue weighted by Gasteiger charge is -2.33. The number of rotatable bonds is 7. The van der Waals surface area contributed by atoms with Crippen LogP contribution in [0.3, 0.4) is 0 Å². The maximum atomic E-state index is 14.2. The predicted octanol–water partition coefficient (Wildman–Crippen LogP) is 5.41. The van der Waals surface area contributed by atoms with E-state index in [1.165, 1.54) is 30.3 Å². The van der Waals surface area contributed by atoms with Gasteiger partial charge < -0.3 is 15.4 Å². The van der Waals surface area contributed by atoms with E-state index in [1.807, 2.05) is 24.2 Å². The summed E-state index contributed by atoms with van der Waals surface area (Å²) in [4.78, 5) is 14.8. The molecular formula is C29H28F5N3O2. The van der Waals surface area contributed by atoms with E-state index in [4.69, 9.17) is 0 Å². The first kappa shape index (κ1) is 26.9. The molecule has 0 fully saturated rings. The van der Waals surface area contributed by atoms with Gasteiger partial charge in [-0.1, -0.05) is 25.1 Å². The standard InChI is InChI=1S/C29H28F5N3O2/c1-17-23-15-35-37(21-9-7-20(30)8-10-21)25(23)14-19-6-11-22(27(17)19)28(39)36(16-26(38)29(32,33)34)13-12-18-4-2-3-5-24(18)31/h2-5,7-10,14-15,17,22,26,35,38H,6,11-13,16H2,1H3/t17-,22-,26+/m0/s1. The third-order valence-corrected chi connectivity index (χ3v) is 7.65. The summed E-state index contributed by atoms with van der Waals surface area (Å²) in [5.74, 6) is -2.22. The summed E-state index contributed by atoms with van der Waals surface area (Å²) in [5.41, 5.74) is 7.74. The molecule has 10 heteroatoms. The fourth-order valence-corrected chi connectivity index (χ4v) is 5.63. The molecule has 0 bridgehead atoms. The second kappa shape index (κ2) is 10.5. The Labute approximate surface area is 222 Å². The number of aliphatic hydroxyl groups excluding tert-OH is 1. The molecule has 206 valence electrons. The summed E-state index contributed by atoms with van der Waals surface area (Å²) in [5, 5.41) is 11.6. The molecule has 1 amide bonds. The molecule has 1 heterocycles. The van der Waals surface area contributed by atoms with Gasteiger partial charge in [0.2, 0.25) is 5.91 Å². The second-order valence-electron chi connectivity index (χ2n) is 10.0. The molecule has 0 saturated carbocycles. The fourth-order valence-electron chi connectivity index (χ4n) is 5.63. The van der Waals surface area contributed by atoms with Crippen LogP contribution in [-0.2, 0) is 11.2 Å². The van der Waals surface area contributed by atoms with E-state index in [-0.39, 0.29) is 30.3 Å². The normalized spacial score (nSPS) is 21.2. The molecule has 2 N–H and O–H groups in total. The number of alkyl halides is 3. The van der Waals surface area contributed by atoms with Crippen LogP contribution in [0.2, 0.25) is 0 Å². The van der Waals surface area contributed by atoms with Crippen molar-refractivity contribution >= 4 is 11.6 Å². The number of carbonyl (C=O) groups is 1. The second-order valence-corrected chi connectivity index (χ2v) is 10.0. The van der Waals surface area contributed by atoms with Crippen LogP contribution in [0.5, 0.6) is 0 Å². The predicted molar refractivity (Wildman–Crippen MR) is 136 cm³/mol. The van der Waals surface area contributed by atoms with Crippen LogP contribution in [0.25, 0.3) is 0 Å². The van der Waals surface area contributed by atoms with Crippen molar-refractivity contribution in [1.82, 2.24) is 10.3 Å². The first-order valence-corrected chi connectivity index (χ1v) is 12.8. The average molecular weight is 546 g/mol. The van der Waals surface area contributed by atoms with Gasteiger partial charge in [-0.05, 0) is 72.4 Å². The van der Waals surface area contributed by atoms with E-state index in [1.54, 1.807) is 18.2 Å². The number of fused-ring (bicyclic) bond motifs is 1. The first-order valence-electron chi connectivity index (χ1n) is 12.8. The third kappa shape index (κ3) is 5.30. The topological polar surface area (TPSA) is 55.8 Å². The summed E-state index contributed by atoms with van der Waals surface area (Å²) in [6, 6.07) is 11.9. The zero-order valence-electron chi connectivity index (χ0n) is 21.2. The van der Waals surface area contributed by atoms with Crippen LogP contribution in [-0.4, -0.2) is 41.3 Å². The summed E-state index contributed by atoms with van der Waals surface area (Å²) >= 11 is 0. The Morgan fingerprint density at radius 2 is 1.87 bits per heavy atom. The van der Waals surface area contributed by atoms with Gasteiger partial charge >= 0.3 is 6.18 Å². The number of hydrogen-bond donors (Lipinski definition) is 2. The molecule has 5 nitrogen and oxygen atoms in total. The monoisotopic (exact) mass is 545 g/mol. The summed E-state index contributed by atoms with van der Waals surface area (Å²) in [7, 11) is 0. The van der Waals surface area contributed by atoms with Gasteiger partial charge in [0.05, 0.1) is 23.8 Å². The lowest BCUT2D eigenvalue weighted by atomic mass is 9.80. The molecule has 39 heavy (non-hydrogen) atoms. The highest BCUT2D eigenvalue weighted by Gasteiger charge is 2.44. The first-order chi connectivity index (χ1) is 18.5. The molecular weight excluding hydrogens is 517 g/mol. The lowest BCUT2D eigenvalue weighted by molar-refractivity contribution is -0.208. The Morgan fingerprint density at radius 1 is 1.15 bits per heavy atom. The van der Waals surface area contributed by atoms with Crippen LogP contribution >= 0.6 is 0 Å². The highest BCUT2D eigenvalue weighted by Crippen LogP contribution is 2.48. The van der Waals surface area contributed by atoms with E-state index >= 15 is 0 Å². The molecule has 2 aliphatic carbocycles. The van der Waals surface area contributed by atoms with Crippen molar-refractivity contribution in [3.05, 3.63) is 100 Å². The molecule has 0 unspecified atom stereocenters. The minimum atomic E-state index is -4.89. The number of aliphatic hydroxyl groups is 1. The van der Waals surface area contributed by atoms with Crippen molar-refractivity contribution in [2.75, 3.05) is 18.1 Å². The highest BCUT2D eigenvalue weighted by molar-refractivity contribution is 5.84. The van der Waals surface area contributed by atoms with Crippen molar-refractivity contribution in [2.24, 2.45) is 11.8 Å². The summed E-state index contributed by atoms with van der Waals surface area (Å²) in [6.45, 7) is 0.863. The lowest BCUT2D eigenvalue weighted by Crippen LogP contribution is -2.47. The highest BCUT2D eigenvalue weighted by atomic mass is 19.4. The number of allylic oxidation sites excluding steroid dienone is 3. The quantitative estimate of drug-likeness (QED) is 0.457. The molecule has 0 aromatic heterocycles. The van der Waals surface area contributed by atoms with Crippen LogP contribution in [0.1, 0.15) is 25.3 Å². The maximum absolute atomic E-state index is 14.2. The van der Waals surface area contributed by atoms with Gasteiger partial charge in [-0.15, -0.1) is 0 Å². The summed E-state index contributed by atoms with van der Waals surface area (Å²) in [6.07, 6.45) is -2.82. The van der Waals surface area contributed by atoms with E-state index in [0.717, 1.165) is 33.0 Å². The number of nitrogens with one attached hydrogen (secondary N) is 1. The number of nitrogens with zero attached hydrogens (tertiary/aromatic N) is 2. The van der Waals surface area contributed by atoms with Crippen LogP contribution in [0.4, 0.5) is 27.6 Å². The minimum absolute atomic E-state index is 0.0168. The van der Waals surface area contributed by atoms with Gasteiger partial charge in [-0.25, -0.2) is 8.78 Å². The fraction of sp³-hybridized carbons (Fsp3) is 0.345. The van der Waals surface area contributed by atoms with Crippen LogP contribution in [0, 0.1) is 23.5 Å². The number of halogens is 5. The number of anilines is 1. The molecule has 0 saturated heterocycles. The van der Waals surface area contributed by atoms with Gasteiger partial charge in [-0.2, -0.15) is 13.2 Å².